The second kappa shape index (κ2) is 8.14. The first-order chi connectivity index (χ1) is 14.1. The average molecular weight is 393 g/mol. The second-order valence-electron chi connectivity index (χ2n) is 6.72. The molecule has 1 saturated heterocycles. The maximum atomic E-state index is 13.1. The summed E-state index contributed by atoms with van der Waals surface area (Å²) >= 11 is 0. The lowest BCUT2D eigenvalue weighted by Crippen LogP contribution is -2.46. The number of anilines is 4. The number of hydrogen-bond acceptors (Lipinski definition) is 6. The summed E-state index contributed by atoms with van der Waals surface area (Å²) in [4.78, 5) is 24.0. The first-order valence-corrected chi connectivity index (χ1v) is 9.26. The lowest BCUT2D eigenvalue weighted by molar-refractivity contribution is 0.0697. The van der Waals surface area contributed by atoms with Crippen molar-refractivity contribution in [2.24, 2.45) is 0 Å². The number of halogens is 1. The molecule has 1 aromatic heterocycles. The van der Waals surface area contributed by atoms with Crippen LogP contribution in [-0.2, 0) is 0 Å². The summed E-state index contributed by atoms with van der Waals surface area (Å²) in [6, 6.07) is 14.9. The number of nitrogens with zero attached hydrogens (tertiary/aromatic N) is 4. The lowest BCUT2D eigenvalue weighted by Gasteiger charge is -2.36. The summed E-state index contributed by atoms with van der Waals surface area (Å²) < 4.78 is 13.1. The van der Waals surface area contributed by atoms with E-state index < -0.39 is 5.97 Å². The summed E-state index contributed by atoms with van der Waals surface area (Å²) in [5.41, 5.74) is 2.00. The number of piperazine rings is 1. The van der Waals surface area contributed by atoms with Gasteiger partial charge in [0.05, 0.1) is 5.56 Å². The van der Waals surface area contributed by atoms with Crippen molar-refractivity contribution >= 4 is 29.0 Å². The van der Waals surface area contributed by atoms with E-state index >= 15 is 0 Å². The third-order valence-corrected chi connectivity index (χ3v) is 4.85. The maximum absolute atomic E-state index is 13.1. The summed E-state index contributed by atoms with van der Waals surface area (Å²) in [6.45, 7) is 3.21. The van der Waals surface area contributed by atoms with Crippen LogP contribution in [0.4, 0.5) is 27.4 Å². The van der Waals surface area contributed by atoms with E-state index in [1.807, 2.05) is 6.07 Å². The number of aromatic carboxylic acids is 1. The smallest absolute Gasteiger partial charge is 0.335 e. The van der Waals surface area contributed by atoms with Crippen molar-refractivity contribution in [1.29, 1.82) is 0 Å². The van der Waals surface area contributed by atoms with E-state index in [1.165, 1.54) is 18.5 Å². The van der Waals surface area contributed by atoms with Crippen LogP contribution in [0.1, 0.15) is 10.4 Å². The minimum Gasteiger partial charge on any atom is -0.478 e. The molecule has 7 nitrogen and oxygen atoms in total. The molecule has 0 unspecified atom stereocenters. The molecule has 148 valence electrons. The Kier molecular flexibility index (Phi) is 5.24. The van der Waals surface area contributed by atoms with Crippen molar-refractivity contribution in [2.75, 3.05) is 41.3 Å². The summed E-state index contributed by atoms with van der Waals surface area (Å²) in [7, 11) is 0. The first kappa shape index (κ1) is 18.7. The Morgan fingerprint density at radius 3 is 2.24 bits per heavy atom. The Labute approximate surface area is 167 Å². The van der Waals surface area contributed by atoms with Crippen LogP contribution in [0.3, 0.4) is 0 Å². The molecule has 0 radical (unpaired) electrons. The molecule has 29 heavy (non-hydrogen) atoms. The molecular formula is C21H20FN5O2. The predicted octanol–water partition coefficient (Wildman–Crippen LogP) is 3.38. The fraction of sp³-hybridized carbons (Fsp3) is 0.190. The number of aromatic nitrogens is 2. The molecular weight excluding hydrogens is 373 g/mol. The van der Waals surface area contributed by atoms with Gasteiger partial charge in [0.2, 0.25) is 0 Å². The Hall–Kier alpha value is -3.68. The maximum Gasteiger partial charge on any atom is 0.335 e. The second-order valence-corrected chi connectivity index (χ2v) is 6.72. The Morgan fingerprint density at radius 2 is 1.59 bits per heavy atom. The lowest BCUT2D eigenvalue weighted by atomic mass is 10.2. The molecule has 0 aliphatic carbocycles. The molecule has 0 atom stereocenters. The molecule has 1 aliphatic rings. The molecule has 1 aliphatic heterocycles. The molecule has 0 saturated carbocycles. The van der Waals surface area contributed by atoms with E-state index in [2.05, 4.69) is 25.1 Å². The minimum atomic E-state index is -0.958. The third kappa shape index (κ3) is 4.43. The predicted molar refractivity (Wildman–Crippen MR) is 110 cm³/mol. The van der Waals surface area contributed by atoms with Crippen LogP contribution in [0.15, 0.2) is 60.9 Å². The van der Waals surface area contributed by atoms with Gasteiger partial charge < -0.3 is 20.2 Å². The summed E-state index contributed by atoms with van der Waals surface area (Å²) in [5, 5.41) is 12.2. The van der Waals surface area contributed by atoms with E-state index in [-0.39, 0.29) is 11.4 Å². The molecule has 0 bridgehead atoms. The van der Waals surface area contributed by atoms with Crippen molar-refractivity contribution in [3.8, 4) is 0 Å². The van der Waals surface area contributed by atoms with Gasteiger partial charge in [-0.1, -0.05) is 0 Å². The Balaban J connectivity index is 1.40. The SMILES string of the molecule is O=C(O)c1ccc(Nc2cc(N3CCN(c4ccc(F)cc4)CC3)ncn2)cc1. The van der Waals surface area contributed by atoms with Gasteiger partial charge in [0, 0.05) is 43.6 Å². The topological polar surface area (TPSA) is 81.6 Å². The van der Waals surface area contributed by atoms with Gasteiger partial charge in [-0.3, -0.25) is 0 Å². The average Bonchev–Trinajstić information content (AvgIpc) is 2.75. The number of benzene rings is 2. The van der Waals surface area contributed by atoms with Crippen LogP contribution in [0.25, 0.3) is 0 Å². The highest BCUT2D eigenvalue weighted by Gasteiger charge is 2.19. The highest BCUT2D eigenvalue weighted by molar-refractivity contribution is 5.88. The Bertz CT molecular complexity index is 987. The Morgan fingerprint density at radius 1 is 0.931 bits per heavy atom. The highest BCUT2D eigenvalue weighted by atomic mass is 19.1. The molecule has 0 amide bonds. The quantitative estimate of drug-likeness (QED) is 0.688. The van der Waals surface area contributed by atoms with Gasteiger partial charge in [0.15, 0.2) is 0 Å². The fourth-order valence-corrected chi connectivity index (χ4v) is 3.28. The van der Waals surface area contributed by atoms with Crippen molar-refractivity contribution < 1.29 is 14.3 Å². The van der Waals surface area contributed by atoms with Gasteiger partial charge >= 0.3 is 5.97 Å². The van der Waals surface area contributed by atoms with E-state index in [4.69, 9.17) is 5.11 Å². The van der Waals surface area contributed by atoms with E-state index in [0.717, 1.165) is 43.4 Å². The van der Waals surface area contributed by atoms with Gasteiger partial charge in [-0.05, 0) is 48.5 Å². The fourth-order valence-electron chi connectivity index (χ4n) is 3.28. The summed E-state index contributed by atoms with van der Waals surface area (Å²) in [6.07, 6.45) is 1.51. The molecule has 3 aromatic rings. The number of carboxylic acid groups (broad SMARTS) is 1. The number of carbonyl (C=O) groups is 1. The van der Waals surface area contributed by atoms with Crippen molar-refractivity contribution in [3.05, 3.63) is 72.3 Å². The monoisotopic (exact) mass is 393 g/mol. The third-order valence-electron chi connectivity index (χ3n) is 4.85. The molecule has 1 fully saturated rings. The van der Waals surface area contributed by atoms with Crippen LogP contribution >= 0.6 is 0 Å². The first-order valence-electron chi connectivity index (χ1n) is 9.26. The van der Waals surface area contributed by atoms with Gasteiger partial charge in [0.1, 0.15) is 23.8 Å². The van der Waals surface area contributed by atoms with Gasteiger partial charge in [-0.2, -0.15) is 0 Å². The van der Waals surface area contributed by atoms with Crippen LogP contribution in [0, 0.1) is 5.82 Å². The van der Waals surface area contributed by atoms with E-state index in [9.17, 15) is 9.18 Å². The molecule has 0 spiro atoms. The number of hydrogen-bond donors (Lipinski definition) is 2. The van der Waals surface area contributed by atoms with Gasteiger partial charge in [-0.25, -0.2) is 19.2 Å². The van der Waals surface area contributed by atoms with Crippen LogP contribution in [0.5, 0.6) is 0 Å². The van der Waals surface area contributed by atoms with Gasteiger partial charge in [-0.15, -0.1) is 0 Å². The standard InChI is InChI=1S/C21H20FN5O2/c22-16-3-7-18(8-4-16)26-9-11-27(12-10-26)20-13-19(23-14-24-20)25-17-5-1-15(2-6-17)21(28)29/h1-8,13-14H,9-12H2,(H,28,29)(H,23,24,25). The number of rotatable bonds is 5. The van der Waals surface area contributed by atoms with Crippen LogP contribution in [-0.4, -0.2) is 47.2 Å². The van der Waals surface area contributed by atoms with Crippen LogP contribution < -0.4 is 15.1 Å². The van der Waals surface area contributed by atoms with E-state index in [1.54, 1.807) is 36.4 Å². The molecule has 2 heterocycles. The highest BCUT2D eigenvalue weighted by Crippen LogP contribution is 2.22. The molecule has 2 N–H and O–H groups in total. The van der Waals surface area contributed by atoms with Crippen molar-refractivity contribution in [1.82, 2.24) is 9.97 Å². The van der Waals surface area contributed by atoms with Crippen molar-refractivity contribution in [2.45, 2.75) is 0 Å². The normalized spacial score (nSPS) is 14.0. The minimum absolute atomic E-state index is 0.231. The molecule has 8 heteroatoms. The summed E-state index contributed by atoms with van der Waals surface area (Å²) in [5.74, 6) is 0.272. The van der Waals surface area contributed by atoms with E-state index in [0.29, 0.717) is 5.82 Å². The van der Waals surface area contributed by atoms with Gasteiger partial charge in [0.25, 0.3) is 0 Å². The zero-order chi connectivity index (χ0) is 20.2. The zero-order valence-corrected chi connectivity index (χ0v) is 15.6. The largest absolute Gasteiger partial charge is 0.478 e. The van der Waals surface area contributed by atoms with Crippen LogP contribution in [0.2, 0.25) is 0 Å². The number of carboxylic acids is 1. The molecule has 2 aromatic carbocycles. The van der Waals surface area contributed by atoms with Crippen molar-refractivity contribution in [3.63, 3.8) is 0 Å². The molecule has 4 rings (SSSR count). The zero-order valence-electron chi connectivity index (χ0n) is 15.6. The number of nitrogens with one attached hydrogen (secondary N) is 1.